The lowest BCUT2D eigenvalue weighted by Crippen LogP contribution is -2.30. The van der Waals surface area contributed by atoms with Gasteiger partial charge in [-0.3, -0.25) is 9.59 Å². The second-order valence-corrected chi connectivity index (χ2v) is 5.85. The van der Waals surface area contributed by atoms with E-state index in [0.29, 0.717) is 35.1 Å². The number of anilines is 2. The van der Waals surface area contributed by atoms with E-state index in [4.69, 9.17) is 11.6 Å². The van der Waals surface area contributed by atoms with Gasteiger partial charge in [-0.15, -0.1) is 0 Å². The van der Waals surface area contributed by atoms with Gasteiger partial charge in [0, 0.05) is 24.3 Å². The number of hydrogen-bond donors (Lipinski definition) is 2. The van der Waals surface area contributed by atoms with Crippen LogP contribution in [0.15, 0.2) is 48.5 Å². The minimum absolute atomic E-state index is 0.0193. The Morgan fingerprint density at radius 3 is 2.44 bits per heavy atom. The average molecular weight is 360 g/mol. The van der Waals surface area contributed by atoms with Crippen molar-refractivity contribution in [1.82, 2.24) is 4.90 Å². The van der Waals surface area contributed by atoms with Crippen molar-refractivity contribution in [1.29, 1.82) is 0 Å². The molecule has 0 aliphatic carbocycles. The van der Waals surface area contributed by atoms with Crippen molar-refractivity contribution in [3.8, 4) is 0 Å². The Morgan fingerprint density at radius 2 is 1.76 bits per heavy atom. The average Bonchev–Trinajstić information content (AvgIpc) is 2.63. The molecule has 5 nitrogen and oxygen atoms in total. The second kappa shape index (κ2) is 9.08. The summed E-state index contributed by atoms with van der Waals surface area (Å²) >= 11 is 6.02. The van der Waals surface area contributed by atoms with Crippen LogP contribution in [-0.2, 0) is 4.79 Å². The summed E-state index contributed by atoms with van der Waals surface area (Å²) < 4.78 is 0. The molecule has 0 atom stereocenters. The van der Waals surface area contributed by atoms with Crippen molar-refractivity contribution in [3.63, 3.8) is 0 Å². The number of nitrogens with zero attached hydrogens (tertiary/aromatic N) is 1. The van der Waals surface area contributed by atoms with E-state index in [9.17, 15) is 9.59 Å². The fourth-order valence-corrected chi connectivity index (χ4v) is 2.58. The highest BCUT2D eigenvalue weighted by molar-refractivity contribution is 6.33. The molecule has 0 aliphatic rings. The maximum atomic E-state index is 12.4. The van der Waals surface area contributed by atoms with Gasteiger partial charge in [-0.25, -0.2) is 0 Å². The maximum absolute atomic E-state index is 12.4. The van der Waals surface area contributed by atoms with Crippen molar-refractivity contribution < 1.29 is 9.59 Å². The molecule has 0 radical (unpaired) electrons. The molecule has 25 heavy (non-hydrogen) atoms. The van der Waals surface area contributed by atoms with Crippen LogP contribution in [0.1, 0.15) is 24.2 Å². The Kier molecular flexibility index (Phi) is 6.83. The largest absolute Gasteiger partial charge is 0.376 e. The van der Waals surface area contributed by atoms with E-state index in [1.165, 1.54) is 0 Å². The first-order chi connectivity index (χ1) is 12.0. The topological polar surface area (TPSA) is 61.4 Å². The second-order valence-electron chi connectivity index (χ2n) is 5.44. The van der Waals surface area contributed by atoms with Crippen LogP contribution in [0.25, 0.3) is 0 Å². The number of hydrogen-bond acceptors (Lipinski definition) is 3. The van der Waals surface area contributed by atoms with Gasteiger partial charge in [-0.1, -0.05) is 29.8 Å². The van der Waals surface area contributed by atoms with Gasteiger partial charge in [0.1, 0.15) is 0 Å². The van der Waals surface area contributed by atoms with Gasteiger partial charge in [-0.05, 0) is 44.2 Å². The van der Waals surface area contributed by atoms with Crippen molar-refractivity contribution in [2.24, 2.45) is 0 Å². The summed E-state index contributed by atoms with van der Waals surface area (Å²) in [5, 5.41) is 6.26. The molecule has 2 amide bonds. The summed E-state index contributed by atoms with van der Waals surface area (Å²) in [6.07, 6.45) is 0. The lowest BCUT2D eigenvalue weighted by Gasteiger charge is -2.19. The monoisotopic (exact) mass is 359 g/mol. The summed E-state index contributed by atoms with van der Waals surface area (Å²) in [4.78, 5) is 26.2. The molecule has 0 fully saturated rings. The Hall–Kier alpha value is -2.53. The van der Waals surface area contributed by atoms with Gasteiger partial charge in [0.15, 0.2) is 0 Å². The van der Waals surface area contributed by atoms with E-state index in [1.54, 1.807) is 47.4 Å². The zero-order valence-electron chi connectivity index (χ0n) is 14.4. The minimum Gasteiger partial charge on any atom is -0.376 e. The molecule has 2 N–H and O–H groups in total. The normalized spacial score (nSPS) is 10.2. The summed E-state index contributed by atoms with van der Waals surface area (Å²) in [6.45, 7) is 5.29. The fraction of sp³-hybridized carbons (Fsp3) is 0.263. The number of halogens is 1. The van der Waals surface area contributed by atoms with Crippen molar-refractivity contribution in [3.05, 3.63) is 59.1 Å². The lowest BCUT2D eigenvalue weighted by molar-refractivity contribution is -0.114. The number of para-hydroxylation sites is 1. The maximum Gasteiger partial charge on any atom is 0.253 e. The van der Waals surface area contributed by atoms with E-state index in [0.717, 1.165) is 0 Å². The minimum atomic E-state index is -0.214. The zero-order chi connectivity index (χ0) is 18.2. The number of benzene rings is 2. The van der Waals surface area contributed by atoms with Crippen LogP contribution in [0.4, 0.5) is 11.4 Å². The highest BCUT2D eigenvalue weighted by atomic mass is 35.5. The molecule has 0 unspecified atom stereocenters. The predicted molar refractivity (Wildman–Crippen MR) is 102 cm³/mol. The molecule has 132 valence electrons. The molecule has 0 heterocycles. The Morgan fingerprint density at radius 1 is 1.04 bits per heavy atom. The first-order valence-corrected chi connectivity index (χ1v) is 8.60. The van der Waals surface area contributed by atoms with E-state index < -0.39 is 0 Å². The third kappa shape index (κ3) is 5.22. The van der Waals surface area contributed by atoms with Crippen LogP contribution in [0.3, 0.4) is 0 Å². The molecule has 2 rings (SSSR count). The van der Waals surface area contributed by atoms with Crippen LogP contribution < -0.4 is 10.6 Å². The van der Waals surface area contributed by atoms with Gasteiger partial charge >= 0.3 is 0 Å². The highest BCUT2D eigenvalue weighted by Gasteiger charge is 2.13. The third-order valence-corrected chi connectivity index (χ3v) is 4.09. The molecular weight excluding hydrogens is 338 g/mol. The van der Waals surface area contributed by atoms with Gasteiger partial charge < -0.3 is 15.5 Å². The first kappa shape index (κ1) is 18.8. The van der Waals surface area contributed by atoms with Crippen molar-refractivity contribution >= 4 is 34.8 Å². The lowest BCUT2D eigenvalue weighted by atomic mass is 10.1. The number of nitrogens with one attached hydrogen (secondary N) is 2. The molecular formula is C19H22ClN3O2. The zero-order valence-corrected chi connectivity index (χ0v) is 15.1. The standard InChI is InChI=1S/C19H22ClN3O2/c1-3-23(4-2)19(25)14-8-7-9-15(12-14)21-13-18(24)22-17-11-6-5-10-16(17)20/h5-12,21H,3-4,13H2,1-2H3,(H,22,24). The molecule has 0 spiro atoms. The molecule has 0 aromatic heterocycles. The quantitative estimate of drug-likeness (QED) is 0.788. The molecule has 0 aliphatic heterocycles. The first-order valence-electron chi connectivity index (χ1n) is 8.22. The number of rotatable bonds is 7. The van der Waals surface area contributed by atoms with Gasteiger partial charge in [0.2, 0.25) is 5.91 Å². The van der Waals surface area contributed by atoms with Crippen molar-refractivity contribution in [2.45, 2.75) is 13.8 Å². The van der Waals surface area contributed by atoms with Gasteiger partial charge in [0.05, 0.1) is 17.3 Å². The summed E-state index contributed by atoms with van der Waals surface area (Å²) in [5.41, 5.74) is 1.88. The van der Waals surface area contributed by atoms with E-state index in [2.05, 4.69) is 10.6 Å². The smallest absolute Gasteiger partial charge is 0.253 e. The predicted octanol–water partition coefficient (Wildman–Crippen LogP) is 3.87. The van der Waals surface area contributed by atoms with Crippen LogP contribution in [0.5, 0.6) is 0 Å². The number of carbonyl (C=O) groups excluding carboxylic acids is 2. The Balaban J connectivity index is 1.97. The number of amides is 2. The molecule has 2 aromatic rings. The highest BCUT2D eigenvalue weighted by Crippen LogP contribution is 2.20. The van der Waals surface area contributed by atoms with Gasteiger partial charge in [0.25, 0.3) is 5.91 Å². The molecule has 6 heteroatoms. The van der Waals surface area contributed by atoms with Crippen molar-refractivity contribution in [2.75, 3.05) is 30.3 Å². The summed E-state index contributed by atoms with van der Waals surface area (Å²) in [7, 11) is 0. The number of carbonyl (C=O) groups is 2. The van der Waals surface area contributed by atoms with Crippen LogP contribution >= 0.6 is 11.6 Å². The SMILES string of the molecule is CCN(CC)C(=O)c1cccc(NCC(=O)Nc2ccccc2Cl)c1. The van der Waals surface area contributed by atoms with Crippen LogP contribution in [-0.4, -0.2) is 36.3 Å². The fourth-order valence-electron chi connectivity index (χ4n) is 2.39. The van der Waals surface area contributed by atoms with E-state index in [1.807, 2.05) is 19.9 Å². The van der Waals surface area contributed by atoms with Gasteiger partial charge in [-0.2, -0.15) is 0 Å². The Bertz CT molecular complexity index is 745. The Labute approximate surface area is 153 Å². The molecule has 0 bridgehead atoms. The summed E-state index contributed by atoms with van der Waals surface area (Å²) in [6, 6.07) is 14.2. The van der Waals surface area contributed by atoms with Crippen LogP contribution in [0.2, 0.25) is 5.02 Å². The third-order valence-electron chi connectivity index (χ3n) is 3.76. The molecule has 0 saturated heterocycles. The molecule has 2 aromatic carbocycles. The molecule has 0 saturated carbocycles. The summed E-state index contributed by atoms with van der Waals surface area (Å²) in [5.74, 6) is -0.234. The van der Waals surface area contributed by atoms with Crippen LogP contribution in [0, 0.1) is 0 Å². The van der Waals surface area contributed by atoms with E-state index >= 15 is 0 Å². The van der Waals surface area contributed by atoms with E-state index in [-0.39, 0.29) is 18.4 Å².